The van der Waals surface area contributed by atoms with E-state index in [1.165, 1.54) is 33.4 Å². The summed E-state index contributed by atoms with van der Waals surface area (Å²) in [6.07, 6.45) is 0. The molecule has 0 radical (unpaired) electrons. The van der Waals surface area contributed by atoms with E-state index in [2.05, 4.69) is 64.1 Å². The molecule has 2 aromatic rings. The fraction of sp³-hybridized carbons (Fsp3) is 0.333. The minimum atomic E-state index is 1.31. The van der Waals surface area contributed by atoms with Crippen molar-refractivity contribution in [3.8, 4) is 11.1 Å². The van der Waals surface area contributed by atoms with Gasteiger partial charge in [0.15, 0.2) is 0 Å². The van der Waals surface area contributed by atoms with Gasteiger partial charge in [0.1, 0.15) is 0 Å². The van der Waals surface area contributed by atoms with Crippen molar-refractivity contribution in [3.05, 3.63) is 58.7 Å². The first-order valence-corrected chi connectivity index (χ1v) is 6.73. The molecule has 96 valence electrons. The van der Waals surface area contributed by atoms with E-state index in [-0.39, 0.29) is 0 Å². The van der Waals surface area contributed by atoms with E-state index in [9.17, 15) is 0 Å². The van der Waals surface area contributed by atoms with Gasteiger partial charge in [-0.15, -0.1) is 0 Å². The number of hydrogen-bond donors (Lipinski definition) is 0. The fourth-order valence-electron chi connectivity index (χ4n) is 1.84. The third kappa shape index (κ3) is 3.22. The largest absolute Gasteiger partial charge is 0.0683 e. The Morgan fingerprint density at radius 2 is 0.833 bits per heavy atom. The second-order valence-electron chi connectivity index (χ2n) is 4.60. The molecule has 0 heterocycles. The zero-order chi connectivity index (χ0) is 13.7. The second kappa shape index (κ2) is 6.39. The quantitative estimate of drug-likeness (QED) is 0.607. The van der Waals surface area contributed by atoms with E-state index in [0.29, 0.717) is 0 Å². The van der Waals surface area contributed by atoms with Crippen LogP contribution in [0, 0.1) is 27.7 Å². The van der Waals surface area contributed by atoms with Crippen molar-refractivity contribution in [2.45, 2.75) is 41.5 Å². The number of aryl methyl sites for hydroxylation is 4. The van der Waals surface area contributed by atoms with Crippen LogP contribution in [0.4, 0.5) is 0 Å². The van der Waals surface area contributed by atoms with Crippen molar-refractivity contribution >= 4 is 0 Å². The molecule has 0 aliphatic carbocycles. The molecule has 0 saturated heterocycles. The lowest BCUT2D eigenvalue weighted by atomic mass is 9.98. The number of rotatable bonds is 1. The molecule has 0 amide bonds. The van der Waals surface area contributed by atoms with Crippen LogP contribution < -0.4 is 0 Å². The van der Waals surface area contributed by atoms with Gasteiger partial charge in [-0.2, -0.15) is 0 Å². The molecule has 0 N–H and O–H groups in total. The Kier molecular flexibility index (Phi) is 5.15. The maximum absolute atomic E-state index is 2.26. The van der Waals surface area contributed by atoms with Gasteiger partial charge in [0.05, 0.1) is 0 Å². The standard InChI is InChI=1S/C16H18.C2H6/c1-11-5-7-15(9-13(11)3)16-8-6-12(2)14(4)10-16;1-2/h5-10H,1-4H3;1-2H3. The van der Waals surface area contributed by atoms with Crippen LogP contribution in [0.1, 0.15) is 36.1 Å². The maximum atomic E-state index is 2.26. The Labute approximate surface area is 112 Å². The summed E-state index contributed by atoms with van der Waals surface area (Å²) < 4.78 is 0. The molecule has 0 spiro atoms. The third-order valence-corrected chi connectivity index (χ3v) is 3.35. The van der Waals surface area contributed by atoms with Gasteiger partial charge in [0, 0.05) is 0 Å². The van der Waals surface area contributed by atoms with Crippen molar-refractivity contribution in [1.82, 2.24) is 0 Å². The molecule has 0 atom stereocenters. The van der Waals surface area contributed by atoms with E-state index < -0.39 is 0 Å². The van der Waals surface area contributed by atoms with E-state index in [0.717, 1.165) is 0 Å². The Morgan fingerprint density at radius 1 is 0.500 bits per heavy atom. The molecular weight excluding hydrogens is 216 g/mol. The molecule has 0 unspecified atom stereocenters. The molecule has 0 heteroatoms. The van der Waals surface area contributed by atoms with Gasteiger partial charge in [0.2, 0.25) is 0 Å². The van der Waals surface area contributed by atoms with Crippen LogP contribution in [0.25, 0.3) is 11.1 Å². The summed E-state index contributed by atoms with van der Waals surface area (Å²) in [5.74, 6) is 0. The first-order valence-electron chi connectivity index (χ1n) is 6.73. The predicted molar refractivity (Wildman–Crippen MR) is 82.2 cm³/mol. The van der Waals surface area contributed by atoms with Gasteiger partial charge in [0.25, 0.3) is 0 Å². The molecule has 0 aromatic heterocycles. The summed E-state index contributed by atoms with van der Waals surface area (Å²) in [6.45, 7) is 12.6. The zero-order valence-corrected chi connectivity index (χ0v) is 12.5. The van der Waals surface area contributed by atoms with Crippen molar-refractivity contribution in [2.75, 3.05) is 0 Å². The predicted octanol–water partition coefficient (Wildman–Crippen LogP) is 5.61. The Bertz CT molecular complexity index is 472. The summed E-state index contributed by atoms with van der Waals surface area (Å²) in [6, 6.07) is 13.3. The summed E-state index contributed by atoms with van der Waals surface area (Å²) in [5, 5.41) is 0. The SMILES string of the molecule is CC.Cc1ccc(-c2ccc(C)c(C)c2)cc1C. The summed E-state index contributed by atoms with van der Waals surface area (Å²) in [5.41, 5.74) is 8.05. The van der Waals surface area contributed by atoms with Gasteiger partial charge in [-0.3, -0.25) is 0 Å². The van der Waals surface area contributed by atoms with Gasteiger partial charge in [-0.1, -0.05) is 50.2 Å². The maximum Gasteiger partial charge on any atom is -0.0181 e. The van der Waals surface area contributed by atoms with Crippen LogP contribution in [-0.4, -0.2) is 0 Å². The van der Waals surface area contributed by atoms with E-state index >= 15 is 0 Å². The average molecular weight is 240 g/mol. The van der Waals surface area contributed by atoms with Crippen molar-refractivity contribution in [3.63, 3.8) is 0 Å². The van der Waals surface area contributed by atoms with E-state index in [1.807, 2.05) is 13.8 Å². The third-order valence-electron chi connectivity index (χ3n) is 3.35. The molecular formula is C18H24. The second-order valence-corrected chi connectivity index (χ2v) is 4.60. The minimum Gasteiger partial charge on any atom is -0.0683 e. The molecule has 0 aliphatic heterocycles. The normalized spacial score (nSPS) is 9.67. The first-order chi connectivity index (χ1) is 8.58. The molecule has 0 aliphatic rings. The Hall–Kier alpha value is -1.56. The highest BCUT2D eigenvalue weighted by Gasteiger charge is 2.01. The molecule has 2 aromatic carbocycles. The highest BCUT2D eigenvalue weighted by Crippen LogP contribution is 2.24. The lowest BCUT2D eigenvalue weighted by Crippen LogP contribution is -1.86. The first kappa shape index (κ1) is 14.5. The lowest BCUT2D eigenvalue weighted by molar-refractivity contribution is 1.32. The highest BCUT2D eigenvalue weighted by molar-refractivity contribution is 5.66. The summed E-state index contributed by atoms with van der Waals surface area (Å²) in [4.78, 5) is 0. The smallest absolute Gasteiger partial charge is 0.0181 e. The molecule has 2 rings (SSSR count). The number of hydrogen-bond acceptors (Lipinski definition) is 0. The van der Waals surface area contributed by atoms with Crippen molar-refractivity contribution in [2.24, 2.45) is 0 Å². The highest BCUT2D eigenvalue weighted by atomic mass is 14.1. The lowest BCUT2D eigenvalue weighted by Gasteiger charge is -2.08. The van der Waals surface area contributed by atoms with Crippen LogP contribution in [0.15, 0.2) is 36.4 Å². The van der Waals surface area contributed by atoms with E-state index in [1.54, 1.807) is 0 Å². The molecule has 0 nitrogen and oxygen atoms in total. The van der Waals surface area contributed by atoms with Crippen LogP contribution >= 0.6 is 0 Å². The Morgan fingerprint density at radius 3 is 1.11 bits per heavy atom. The summed E-state index contributed by atoms with van der Waals surface area (Å²) in [7, 11) is 0. The van der Waals surface area contributed by atoms with Crippen LogP contribution in [0.3, 0.4) is 0 Å². The van der Waals surface area contributed by atoms with Gasteiger partial charge in [-0.25, -0.2) is 0 Å². The van der Waals surface area contributed by atoms with Crippen LogP contribution in [-0.2, 0) is 0 Å². The monoisotopic (exact) mass is 240 g/mol. The molecule has 18 heavy (non-hydrogen) atoms. The zero-order valence-electron chi connectivity index (χ0n) is 12.5. The van der Waals surface area contributed by atoms with Gasteiger partial charge >= 0.3 is 0 Å². The number of benzene rings is 2. The van der Waals surface area contributed by atoms with Crippen molar-refractivity contribution < 1.29 is 0 Å². The minimum absolute atomic E-state index is 1.31. The van der Waals surface area contributed by atoms with Crippen molar-refractivity contribution in [1.29, 1.82) is 0 Å². The topological polar surface area (TPSA) is 0 Å². The Balaban J connectivity index is 0.000000771. The van der Waals surface area contributed by atoms with Crippen LogP contribution in [0.5, 0.6) is 0 Å². The molecule has 0 saturated carbocycles. The summed E-state index contributed by atoms with van der Waals surface area (Å²) >= 11 is 0. The van der Waals surface area contributed by atoms with Gasteiger partial charge < -0.3 is 0 Å². The molecule has 0 fully saturated rings. The van der Waals surface area contributed by atoms with E-state index in [4.69, 9.17) is 0 Å². The van der Waals surface area contributed by atoms with Gasteiger partial charge in [-0.05, 0) is 61.1 Å². The van der Waals surface area contributed by atoms with Crippen LogP contribution in [0.2, 0.25) is 0 Å². The fourth-order valence-corrected chi connectivity index (χ4v) is 1.84. The molecule has 0 bridgehead atoms. The average Bonchev–Trinajstić information content (AvgIpc) is 2.38.